The third kappa shape index (κ3) is 2.17. The lowest BCUT2D eigenvalue weighted by Crippen LogP contribution is -1.88. The highest BCUT2D eigenvalue weighted by Crippen LogP contribution is 2.27. The van der Waals surface area contributed by atoms with Gasteiger partial charge in [0.15, 0.2) is 0 Å². The monoisotopic (exact) mass is 216 g/mol. The maximum absolute atomic E-state index is 9.61. The fourth-order valence-electron chi connectivity index (χ4n) is 1.11. The van der Waals surface area contributed by atoms with E-state index < -0.39 is 0 Å². The summed E-state index contributed by atoms with van der Waals surface area (Å²) in [5, 5.41) is 9.61. The molecule has 13 heavy (non-hydrogen) atoms. The van der Waals surface area contributed by atoms with Crippen LogP contribution >= 0.6 is 23.2 Å². The van der Waals surface area contributed by atoms with Crippen molar-refractivity contribution in [2.45, 2.75) is 11.8 Å². The molecule has 0 aliphatic carbocycles. The molecule has 0 radical (unpaired) electrons. The first-order valence-corrected chi connectivity index (χ1v) is 4.89. The van der Waals surface area contributed by atoms with Crippen LogP contribution in [0.4, 0.5) is 0 Å². The Labute approximate surface area is 87.6 Å². The van der Waals surface area contributed by atoms with E-state index in [1.807, 2.05) is 0 Å². The van der Waals surface area contributed by atoms with Crippen molar-refractivity contribution in [1.29, 1.82) is 0 Å². The summed E-state index contributed by atoms with van der Waals surface area (Å²) in [7, 11) is 0. The second-order valence-corrected chi connectivity index (χ2v) is 3.19. The van der Waals surface area contributed by atoms with Gasteiger partial charge in [0.2, 0.25) is 0 Å². The molecular formula is C10H10Cl2O. The van der Waals surface area contributed by atoms with Crippen molar-refractivity contribution in [1.82, 2.24) is 0 Å². The van der Waals surface area contributed by atoms with Crippen LogP contribution in [0.1, 0.15) is 16.7 Å². The van der Waals surface area contributed by atoms with Gasteiger partial charge in [0.25, 0.3) is 0 Å². The van der Waals surface area contributed by atoms with Gasteiger partial charge >= 0.3 is 0 Å². The van der Waals surface area contributed by atoms with Crippen LogP contribution in [0.2, 0.25) is 0 Å². The molecule has 0 spiro atoms. The van der Waals surface area contributed by atoms with E-state index in [2.05, 4.69) is 6.58 Å². The third-order valence-corrected chi connectivity index (χ3v) is 2.39. The lowest BCUT2D eigenvalue weighted by Gasteiger charge is -2.07. The lowest BCUT2D eigenvalue weighted by atomic mass is 10.1. The molecule has 0 bridgehead atoms. The van der Waals surface area contributed by atoms with E-state index in [0.717, 1.165) is 5.56 Å². The number of phenols is 1. The van der Waals surface area contributed by atoms with Crippen molar-refractivity contribution < 1.29 is 5.11 Å². The zero-order valence-electron chi connectivity index (χ0n) is 7.06. The molecule has 3 heteroatoms. The van der Waals surface area contributed by atoms with Crippen molar-refractivity contribution in [2.75, 3.05) is 0 Å². The average molecular weight is 217 g/mol. The van der Waals surface area contributed by atoms with Crippen LogP contribution in [0.15, 0.2) is 18.7 Å². The molecule has 0 saturated carbocycles. The fraction of sp³-hybridized carbons (Fsp3) is 0.200. The minimum Gasteiger partial charge on any atom is -0.507 e. The van der Waals surface area contributed by atoms with Gasteiger partial charge in [0.05, 0.1) is 11.8 Å². The standard InChI is InChI=1S/C10H10Cl2O/c1-2-7-3-8(5-11)10(13)9(4-7)6-12/h2-4,13H,1,5-6H2. The van der Waals surface area contributed by atoms with E-state index in [1.54, 1.807) is 18.2 Å². The summed E-state index contributed by atoms with van der Waals surface area (Å²) in [4.78, 5) is 0. The Morgan fingerprint density at radius 2 is 1.69 bits per heavy atom. The smallest absolute Gasteiger partial charge is 0.124 e. The molecule has 1 nitrogen and oxygen atoms in total. The Bertz CT molecular complexity index is 296. The summed E-state index contributed by atoms with van der Waals surface area (Å²) < 4.78 is 0. The first kappa shape index (κ1) is 10.4. The van der Waals surface area contributed by atoms with Gasteiger partial charge in [0.1, 0.15) is 5.75 Å². The quantitative estimate of drug-likeness (QED) is 0.768. The van der Waals surface area contributed by atoms with Gasteiger partial charge in [0, 0.05) is 11.1 Å². The predicted octanol–water partition coefficient (Wildman–Crippen LogP) is 3.51. The van der Waals surface area contributed by atoms with Crippen molar-refractivity contribution >= 4 is 29.3 Å². The number of benzene rings is 1. The second kappa shape index (κ2) is 4.54. The van der Waals surface area contributed by atoms with Gasteiger partial charge in [-0.25, -0.2) is 0 Å². The molecule has 0 unspecified atom stereocenters. The number of rotatable bonds is 3. The summed E-state index contributed by atoms with van der Waals surface area (Å²) >= 11 is 11.3. The normalized spacial score (nSPS) is 10.0. The topological polar surface area (TPSA) is 20.2 Å². The number of hydrogen-bond acceptors (Lipinski definition) is 1. The number of aromatic hydroxyl groups is 1. The van der Waals surface area contributed by atoms with E-state index in [1.165, 1.54) is 0 Å². The van der Waals surface area contributed by atoms with Crippen LogP contribution in [0.3, 0.4) is 0 Å². The minimum absolute atomic E-state index is 0.190. The molecule has 1 aromatic carbocycles. The molecule has 0 saturated heterocycles. The molecular weight excluding hydrogens is 207 g/mol. The molecule has 0 atom stereocenters. The summed E-state index contributed by atoms with van der Waals surface area (Å²) in [5.41, 5.74) is 2.30. The third-order valence-electron chi connectivity index (χ3n) is 1.81. The molecule has 0 aromatic heterocycles. The molecule has 0 heterocycles. The van der Waals surface area contributed by atoms with E-state index >= 15 is 0 Å². The Morgan fingerprint density at radius 3 is 2.00 bits per heavy atom. The van der Waals surface area contributed by atoms with Gasteiger partial charge < -0.3 is 5.11 Å². The number of halogens is 2. The SMILES string of the molecule is C=Cc1cc(CCl)c(O)c(CCl)c1. The van der Waals surface area contributed by atoms with E-state index in [4.69, 9.17) is 23.2 Å². The molecule has 1 N–H and O–H groups in total. The predicted molar refractivity (Wildman–Crippen MR) is 57.3 cm³/mol. The average Bonchev–Trinajstić information content (AvgIpc) is 2.18. The second-order valence-electron chi connectivity index (χ2n) is 2.66. The van der Waals surface area contributed by atoms with Crippen LogP contribution in [0.5, 0.6) is 5.75 Å². The molecule has 1 aromatic rings. The number of hydrogen-bond donors (Lipinski definition) is 1. The van der Waals surface area contributed by atoms with Crippen molar-refractivity contribution in [2.24, 2.45) is 0 Å². The zero-order chi connectivity index (χ0) is 9.84. The molecule has 0 amide bonds. The molecule has 0 aliphatic heterocycles. The molecule has 1 rings (SSSR count). The van der Waals surface area contributed by atoms with Gasteiger partial charge in [-0.1, -0.05) is 12.7 Å². The van der Waals surface area contributed by atoms with E-state index in [0.29, 0.717) is 11.1 Å². The molecule has 0 aliphatic rings. The number of alkyl halides is 2. The highest BCUT2D eigenvalue weighted by atomic mass is 35.5. The summed E-state index contributed by atoms with van der Waals surface area (Å²) in [6, 6.07) is 3.59. The molecule has 0 fully saturated rings. The van der Waals surface area contributed by atoms with Gasteiger partial charge in [-0.3, -0.25) is 0 Å². The van der Waals surface area contributed by atoms with Crippen molar-refractivity contribution in [3.05, 3.63) is 35.4 Å². The van der Waals surface area contributed by atoms with Crippen LogP contribution in [0, 0.1) is 0 Å². The summed E-state index contributed by atoms with van der Waals surface area (Å²) in [6.45, 7) is 3.64. The highest BCUT2D eigenvalue weighted by Gasteiger charge is 2.06. The maximum atomic E-state index is 9.61. The van der Waals surface area contributed by atoms with Gasteiger partial charge in [-0.15, -0.1) is 23.2 Å². The first-order chi connectivity index (χ1) is 6.22. The van der Waals surface area contributed by atoms with Crippen molar-refractivity contribution in [3.8, 4) is 5.75 Å². The first-order valence-electron chi connectivity index (χ1n) is 3.82. The van der Waals surface area contributed by atoms with Gasteiger partial charge in [-0.2, -0.15) is 0 Å². The highest BCUT2D eigenvalue weighted by molar-refractivity contribution is 6.18. The van der Waals surface area contributed by atoms with E-state index in [-0.39, 0.29) is 17.5 Å². The Kier molecular flexibility index (Phi) is 3.64. The van der Waals surface area contributed by atoms with Crippen LogP contribution < -0.4 is 0 Å². The Morgan fingerprint density at radius 1 is 1.23 bits per heavy atom. The fourth-order valence-corrected chi connectivity index (χ4v) is 1.52. The zero-order valence-corrected chi connectivity index (χ0v) is 8.57. The molecule has 70 valence electrons. The van der Waals surface area contributed by atoms with Crippen LogP contribution in [-0.4, -0.2) is 5.11 Å². The van der Waals surface area contributed by atoms with Crippen molar-refractivity contribution in [3.63, 3.8) is 0 Å². The largest absolute Gasteiger partial charge is 0.507 e. The minimum atomic E-state index is 0.190. The van der Waals surface area contributed by atoms with Crippen LogP contribution in [0.25, 0.3) is 6.08 Å². The van der Waals surface area contributed by atoms with Crippen LogP contribution in [-0.2, 0) is 11.8 Å². The van der Waals surface area contributed by atoms with E-state index in [9.17, 15) is 5.11 Å². The summed E-state index contributed by atoms with van der Waals surface area (Å²) in [6.07, 6.45) is 1.70. The van der Waals surface area contributed by atoms with Gasteiger partial charge in [-0.05, 0) is 17.7 Å². The summed E-state index contributed by atoms with van der Waals surface area (Å²) in [5.74, 6) is 0.741. The Hall–Kier alpha value is -0.660. The maximum Gasteiger partial charge on any atom is 0.124 e. The lowest BCUT2D eigenvalue weighted by molar-refractivity contribution is 0.465. The number of phenolic OH excluding ortho intramolecular Hbond substituents is 1. The Balaban J connectivity index is 3.28.